The summed E-state index contributed by atoms with van der Waals surface area (Å²) < 4.78 is 5.61. The average Bonchev–Trinajstić information content (AvgIpc) is 3.15. The lowest BCUT2D eigenvalue weighted by atomic mass is 10.1. The predicted octanol–water partition coefficient (Wildman–Crippen LogP) is 2.70. The lowest BCUT2D eigenvalue weighted by molar-refractivity contribution is 0.276. The number of anilines is 1. The van der Waals surface area contributed by atoms with Crippen molar-refractivity contribution in [3.05, 3.63) is 77.1 Å². The quantitative estimate of drug-likeness (QED) is 0.493. The number of benzene rings is 1. The van der Waals surface area contributed by atoms with E-state index in [4.69, 9.17) is 10.2 Å². The highest BCUT2D eigenvalue weighted by atomic mass is 32.2. The molecule has 0 amide bonds. The normalized spacial score (nSPS) is 11.8. The van der Waals surface area contributed by atoms with Gasteiger partial charge in [-0.1, -0.05) is 30.3 Å². The van der Waals surface area contributed by atoms with Crippen LogP contribution in [0.2, 0.25) is 0 Å². The molecule has 4 N–H and O–H groups in total. The van der Waals surface area contributed by atoms with Gasteiger partial charge in [0, 0.05) is 28.8 Å². The topological polar surface area (TPSA) is 100 Å². The van der Waals surface area contributed by atoms with Crippen molar-refractivity contribution in [1.29, 1.82) is 0 Å². The summed E-state index contributed by atoms with van der Waals surface area (Å²) in [5, 5.41) is 9.18. The predicted molar refractivity (Wildman–Crippen MR) is 108 cm³/mol. The molecule has 2 aromatic heterocycles. The van der Waals surface area contributed by atoms with Crippen LogP contribution >= 0.6 is 11.8 Å². The van der Waals surface area contributed by atoms with Crippen molar-refractivity contribution in [3.63, 3.8) is 0 Å². The fourth-order valence-corrected chi connectivity index (χ4v) is 3.49. The summed E-state index contributed by atoms with van der Waals surface area (Å²) in [4.78, 5) is 11.6. The van der Waals surface area contributed by atoms with E-state index in [9.17, 15) is 5.11 Å². The maximum absolute atomic E-state index is 9.18. The van der Waals surface area contributed by atoms with E-state index in [1.165, 1.54) is 5.56 Å². The van der Waals surface area contributed by atoms with Gasteiger partial charge in [0.25, 0.3) is 0 Å². The monoisotopic (exact) mass is 384 g/mol. The number of nitrogen functional groups attached to an aromatic ring is 1. The number of H-pyrrole nitrogens is 1. The second-order valence-corrected chi connectivity index (χ2v) is 7.21. The first-order valence-corrected chi connectivity index (χ1v) is 10.0. The van der Waals surface area contributed by atoms with Crippen molar-refractivity contribution >= 4 is 17.4 Å². The molecular weight excluding hydrogens is 360 g/mol. The highest BCUT2D eigenvalue weighted by Gasteiger charge is 2.04. The number of thioether (sulfide) groups is 1. The minimum atomic E-state index is -0.0431. The van der Waals surface area contributed by atoms with E-state index in [0.717, 1.165) is 35.6 Å². The number of aromatic nitrogens is 2. The van der Waals surface area contributed by atoms with Crippen molar-refractivity contribution in [2.45, 2.75) is 25.2 Å². The Balaban J connectivity index is 1.47. The summed E-state index contributed by atoms with van der Waals surface area (Å²) in [6.45, 7) is 0.595. The van der Waals surface area contributed by atoms with Gasteiger partial charge in [-0.25, -0.2) is 4.98 Å². The van der Waals surface area contributed by atoms with Crippen LogP contribution in [0.4, 0.5) is 5.69 Å². The van der Waals surface area contributed by atoms with Gasteiger partial charge in [0.05, 0.1) is 37.1 Å². The molecule has 0 bridgehead atoms. The average molecular weight is 385 g/mol. The van der Waals surface area contributed by atoms with Gasteiger partial charge in [-0.05, 0) is 18.4 Å². The first-order valence-electron chi connectivity index (χ1n) is 8.87. The third-order valence-electron chi connectivity index (χ3n) is 4.20. The zero-order valence-electron chi connectivity index (χ0n) is 15.1. The Morgan fingerprint density at radius 3 is 2.85 bits per heavy atom. The summed E-state index contributed by atoms with van der Waals surface area (Å²) in [5.74, 6) is 1.61. The molecule has 3 aromatic rings. The number of nitrogens with two attached hydrogens (primary N) is 1. The maximum Gasteiger partial charge on any atom is 0.215 e. The molecule has 3 rings (SSSR count). The Bertz CT molecular complexity index is 906. The number of imidazole rings is 1. The van der Waals surface area contributed by atoms with E-state index in [2.05, 4.69) is 27.1 Å². The van der Waals surface area contributed by atoms with Crippen LogP contribution in [0.25, 0.3) is 0 Å². The molecule has 0 atom stereocenters. The zero-order chi connectivity index (χ0) is 18.9. The minimum absolute atomic E-state index is 0.0431. The molecule has 0 saturated heterocycles. The Morgan fingerprint density at radius 1 is 1.22 bits per heavy atom. The van der Waals surface area contributed by atoms with Gasteiger partial charge >= 0.3 is 0 Å². The summed E-state index contributed by atoms with van der Waals surface area (Å²) in [7, 11) is 0. The van der Waals surface area contributed by atoms with Crippen LogP contribution in [0.15, 0.2) is 58.4 Å². The zero-order valence-corrected chi connectivity index (χ0v) is 15.9. The number of nitrogens with zero attached hydrogens (tertiary/aromatic N) is 2. The molecule has 142 valence electrons. The largest absolute Gasteiger partial charge is 0.447 e. The highest BCUT2D eigenvalue weighted by molar-refractivity contribution is 7.98. The molecule has 6 nitrogen and oxygen atoms in total. The van der Waals surface area contributed by atoms with E-state index in [0.29, 0.717) is 23.5 Å². The Hall–Kier alpha value is -2.51. The van der Waals surface area contributed by atoms with E-state index < -0.39 is 0 Å². The molecule has 0 spiro atoms. The molecule has 0 fully saturated rings. The van der Waals surface area contributed by atoms with Gasteiger partial charge in [0.15, 0.2) is 0 Å². The van der Waals surface area contributed by atoms with Crippen LogP contribution < -0.4 is 11.3 Å². The summed E-state index contributed by atoms with van der Waals surface area (Å²) in [6, 6.07) is 12.1. The van der Waals surface area contributed by atoms with Gasteiger partial charge in [-0.15, -0.1) is 0 Å². The Labute approximate surface area is 162 Å². The molecule has 2 heterocycles. The standard InChI is InChI=1S/C20H24N4O2S/c21-17-10-20(22-8-9-27-13-19-18(11-25)23-14-24-19)26-12-16(17)7-6-15-4-2-1-3-5-15/h1-5,10,12,14,25H,6-9,11,13,21H2,(H,23,24). The van der Waals surface area contributed by atoms with Gasteiger partial charge < -0.3 is 20.2 Å². The lowest BCUT2D eigenvalue weighted by Crippen LogP contribution is -2.07. The van der Waals surface area contributed by atoms with Crippen LogP contribution in [0.5, 0.6) is 0 Å². The third-order valence-corrected chi connectivity index (χ3v) is 5.17. The molecule has 1 aromatic carbocycles. The van der Waals surface area contributed by atoms with Crippen molar-refractivity contribution in [2.24, 2.45) is 4.99 Å². The van der Waals surface area contributed by atoms with Gasteiger partial charge in [0.2, 0.25) is 5.55 Å². The molecule has 0 aliphatic heterocycles. The minimum Gasteiger partial charge on any atom is -0.447 e. The van der Waals surface area contributed by atoms with Crippen LogP contribution in [0, 0.1) is 0 Å². The molecule has 0 radical (unpaired) electrons. The number of hydrogen-bond donors (Lipinski definition) is 3. The maximum atomic E-state index is 9.18. The van der Waals surface area contributed by atoms with Gasteiger partial charge in [-0.3, -0.25) is 4.99 Å². The summed E-state index contributed by atoms with van der Waals surface area (Å²) in [5.41, 5.74) is 11.4. The van der Waals surface area contributed by atoms with Gasteiger partial charge in [-0.2, -0.15) is 11.8 Å². The molecule has 0 aliphatic rings. The van der Waals surface area contributed by atoms with Crippen LogP contribution in [-0.2, 0) is 25.2 Å². The Kier molecular flexibility index (Phi) is 7.12. The number of aromatic amines is 1. The smallest absolute Gasteiger partial charge is 0.215 e. The van der Waals surface area contributed by atoms with Crippen LogP contribution in [0.1, 0.15) is 22.5 Å². The molecule has 27 heavy (non-hydrogen) atoms. The number of aliphatic hydroxyl groups is 1. The molecular formula is C20H24N4O2S. The summed E-state index contributed by atoms with van der Waals surface area (Å²) >= 11 is 1.72. The first kappa shape index (κ1) is 19.3. The molecule has 0 unspecified atom stereocenters. The van der Waals surface area contributed by atoms with Crippen molar-refractivity contribution in [1.82, 2.24) is 9.97 Å². The Morgan fingerprint density at radius 2 is 2.07 bits per heavy atom. The first-order chi connectivity index (χ1) is 13.3. The SMILES string of the molecule is Nc1cc(=NCCSCc2[nH]cnc2CO)occ1CCc1ccccc1. The number of aryl methyl sites for hydroxylation is 2. The van der Waals surface area contributed by atoms with Crippen molar-refractivity contribution < 1.29 is 9.52 Å². The van der Waals surface area contributed by atoms with Crippen LogP contribution in [-0.4, -0.2) is 27.4 Å². The second kappa shape index (κ2) is 9.99. The number of aliphatic hydroxyl groups excluding tert-OH is 1. The molecule has 0 saturated carbocycles. The van der Waals surface area contributed by atoms with Crippen molar-refractivity contribution in [3.8, 4) is 0 Å². The lowest BCUT2D eigenvalue weighted by Gasteiger charge is -2.05. The van der Waals surface area contributed by atoms with E-state index in [-0.39, 0.29) is 6.61 Å². The number of rotatable bonds is 9. The van der Waals surface area contributed by atoms with E-state index >= 15 is 0 Å². The fraction of sp³-hybridized carbons (Fsp3) is 0.300. The molecule has 7 heteroatoms. The highest BCUT2D eigenvalue weighted by Crippen LogP contribution is 2.14. The van der Waals surface area contributed by atoms with Crippen molar-refractivity contribution in [2.75, 3.05) is 18.0 Å². The van der Waals surface area contributed by atoms with Gasteiger partial charge in [0.1, 0.15) is 0 Å². The summed E-state index contributed by atoms with van der Waals surface area (Å²) in [6.07, 6.45) is 5.08. The fourth-order valence-electron chi connectivity index (χ4n) is 2.67. The number of hydrogen-bond acceptors (Lipinski definition) is 6. The second-order valence-electron chi connectivity index (χ2n) is 6.10. The number of nitrogens with one attached hydrogen (secondary N) is 1. The van der Waals surface area contributed by atoms with E-state index in [1.54, 1.807) is 30.4 Å². The molecule has 0 aliphatic carbocycles. The van der Waals surface area contributed by atoms with E-state index in [1.807, 2.05) is 18.2 Å². The third kappa shape index (κ3) is 5.74. The van der Waals surface area contributed by atoms with Crippen LogP contribution in [0.3, 0.4) is 0 Å².